The SMILES string of the molecule is O=C1C2CC=CCC2C(=O)N1Cc1cnc[nH]1. The van der Waals surface area contributed by atoms with E-state index >= 15 is 0 Å². The van der Waals surface area contributed by atoms with E-state index in [1.807, 2.05) is 12.2 Å². The zero-order valence-electron chi connectivity index (χ0n) is 9.30. The van der Waals surface area contributed by atoms with Gasteiger partial charge in [0.05, 0.1) is 30.4 Å². The number of nitrogens with one attached hydrogen (secondary N) is 1. The topological polar surface area (TPSA) is 66.1 Å². The molecule has 17 heavy (non-hydrogen) atoms. The molecule has 0 radical (unpaired) electrons. The Kier molecular flexibility index (Phi) is 2.31. The van der Waals surface area contributed by atoms with Gasteiger partial charge in [-0.3, -0.25) is 14.5 Å². The molecule has 0 saturated carbocycles. The molecule has 1 N–H and O–H groups in total. The maximum atomic E-state index is 12.1. The predicted molar refractivity (Wildman–Crippen MR) is 59.5 cm³/mol. The molecule has 2 unspecified atom stereocenters. The predicted octanol–water partition coefficient (Wildman–Crippen LogP) is 0.861. The maximum Gasteiger partial charge on any atom is 0.233 e. The number of imide groups is 1. The van der Waals surface area contributed by atoms with Crippen molar-refractivity contribution in [3.8, 4) is 0 Å². The Morgan fingerprint density at radius 2 is 1.88 bits per heavy atom. The third-order valence-electron chi connectivity index (χ3n) is 3.48. The van der Waals surface area contributed by atoms with Crippen LogP contribution in [0.15, 0.2) is 24.7 Å². The van der Waals surface area contributed by atoms with Gasteiger partial charge in [0.15, 0.2) is 0 Å². The molecule has 1 saturated heterocycles. The summed E-state index contributed by atoms with van der Waals surface area (Å²) in [5, 5.41) is 0. The molecular weight excluding hydrogens is 218 g/mol. The highest BCUT2D eigenvalue weighted by Crippen LogP contribution is 2.35. The summed E-state index contributed by atoms with van der Waals surface area (Å²) >= 11 is 0. The minimum absolute atomic E-state index is 0.0426. The largest absolute Gasteiger partial charge is 0.347 e. The van der Waals surface area contributed by atoms with E-state index in [9.17, 15) is 9.59 Å². The molecule has 2 heterocycles. The number of imidazole rings is 1. The molecule has 5 nitrogen and oxygen atoms in total. The average molecular weight is 231 g/mol. The van der Waals surface area contributed by atoms with E-state index in [0.717, 1.165) is 5.69 Å². The number of allylic oxidation sites excluding steroid dienone is 2. The fourth-order valence-corrected chi connectivity index (χ4v) is 2.57. The third-order valence-corrected chi connectivity index (χ3v) is 3.48. The van der Waals surface area contributed by atoms with Gasteiger partial charge in [-0.1, -0.05) is 12.2 Å². The van der Waals surface area contributed by atoms with Gasteiger partial charge >= 0.3 is 0 Å². The van der Waals surface area contributed by atoms with Gasteiger partial charge in [-0.05, 0) is 12.8 Å². The zero-order chi connectivity index (χ0) is 11.8. The monoisotopic (exact) mass is 231 g/mol. The van der Waals surface area contributed by atoms with E-state index < -0.39 is 0 Å². The van der Waals surface area contributed by atoms with Gasteiger partial charge in [0.2, 0.25) is 11.8 Å². The molecule has 1 aromatic rings. The zero-order valence-corrected chi connectivity index (χ0v) is 9.30. The molecule has 88 valence electrons. The van der Waals surface area contributed by atoms with Crippen molar-refractivity contribution in [3.05, 3.63) is 30.4 Å². The van der Waals surface area contributed by atoms with Crippen molar-refractivity contribution in [1.82, 2.24) is 14.9 Å². The molecular formula is C12H13N3O2. The molecule has 1 aliphatic heterocycles. The first-order valence-electron chi connectivity index (χ1n) is 5.75. The Hall–Kier alpha value is -1.91. The average Bonchev–Trinajstić information content (AvgIpc) is 2.94. The number of carbonyl (C=O) groups is 2. The molecule has 0 aromatic carbocycles. The fourth-order valence-electron chi connectivity index (χ4n) is 2.57. The minimum Gasteiger partial charge on any atom is -0.347 e. The number of amides is 2. The molecule has 3 rings (SSSR count). The van der Waals surface area contributed by atoms with E-state index in [4.69, 9.17) is 0 Å². The molecule has 1 aromatic heterocycles. The summed E-state index contributed by atoms with van der Waals surface area (Å²) in [6, 6.07) is 0. The lowest BCUT2D eigenvalue weighted by molar-refractivity contribution is -0.140. The highest BCUT2D eigenvalue weighted by atomic mass is 16.2. The van der Waals surface area contributed by atoms with Gasteiger partial charge in [0, 0.05) is 6.20 Å². The number of hydrogen-bond donors (Lipinski definition) is 1. The Morgan fingerprint density at radius 1 is 1.24 bits per heavy atom. The summed E-state index contributed by atoms with van der Waals surface area (Å²) in [6.45, 7) is 0.310. The summed E-state index contributed by atoms with van der Waals surface area (Å²) in [5.74, 6) is -0.372. The number of aromatic nitrogens is 2. The number of nitrogens with zero attached hydrogens (tertiary/aromatic N) is 2. The van der Waals surface area contributed by atoms with Crippen molar-refractivity contribution < 1.29 is 9.59 Å². The second-order valence-corrected chi connectivity index (χ2v) is 4.50. The second kappa shape index (κ2) is 3.84. The molecule has 5 heteroatoms. The van der Waals surface area contributed by atoms with Crippen LogP contribution >= 0.6 is 0 Å². The molecule has 0 bridgehead atoms. The van der Waals surface area contributed by atoms with Crippen LogP contribution in [-0.4, -0.2) is 26.7 Å². The minimum atomic E-state index is -0.143. The van der Waals surface area contributed by atoms with Gasteiger partial charge in [-0.2, -0.15) is 0 Å². The van der Waals surface area contributed by atoms with Gasteiger partial charge in [0.1, 0.15) is 0 Å². The number of hydrogen-bond acceptors (Lipinski definition) is 3. The van der Waals surface area contributed by atoms with E-state index in [2.05, 4.69) is 9.97 Å². The quantitative estimate of drug-likeness (QED) is 0.606. The molecule has 1 aliphatic carbocycles. The first-order valence-corrected chi connectivity index (χ1v) is 5.75. The lowest BCUT2D eigenvalue weighted by Gasteiger charge is -2.14. The Bertz CT molecular complexity index is 452. The standard InChI is InChI=1S/C12H13N3O2/c16-11-9-3-1-2-4-10(9)12(17)15(11)6-8-5-13-7-14-8/h1-2,5,7,9-10H,3-4,6H2,(H,13,14). The van der Waals surface area contributed by atoms with Crippen LogP contribution in [0.5, 0.6) is 0 Å². The third kappa shape index (κ3) is 1.58. The first kappa shape index (κ1) is 10.3. The van der Waals surface area contributed by atoms with Gasteiger partial charge in [-0.25, -0.2) is 4.98 Å². The normalized spacial score (nSPS) is 27.6. The molecule has 1 fully saturated rings. The van der Waals surface area contributed by atoms with Crippen molar-refractivity contribution in [3.63, 3.8) is 0 Å². The number of H-pyrrole nitrogens is 1. The lowest BCUT2D eigenvalue weighted by Crippen LogP contribution is -2.30. The summed E-state index contributed by atoms with van der Waals surface area (Å²) < 4.78 is 0. The second-order valence-electron chi connectivity index (χ2n) is 4.50. The molecule has 0 spiro atoms. The van der Waals surface area contributed by atoms with E-state index in [1.165, 1.54) is 4.90 Å². The Labute approximate surface area is 98.5 Å². The molecule has 2 atom stereocenters. The van der Waals surface area contributed by atoms with Crippen LogP contribution in [0.2, 0.25) is 0 Å². The summed E-state index contributed by atoms with van der Waals surface area (Å²) in [5.41, 5.74) is 0.790. The van der Waals surface area contributed by atoms with Crippen molar-refractivity contribution >= 4 is 11.8 Å². The summed E-state index contributed by atoms with van der Waals surface area (Å²) in [6.07, 6.45) is 8.55. The van der Waals surface area contributed by atoms with Crippen LogP contribution in [0, 0.1) is 11.8 Å². The summed E-state index contributed by atoms with van der Waals surface area (Å²) in [7, 11) is 0. The van der Waals surface area contributed by atoms with Crippen LogP contribution in [0.3, 0.4) is 0 Å². The van der Waals surface area contributed by atoms with Gasteiger partial charge in [0.25, 0.3) is 0 Å². The van der Waals surface area contributed by atoms with Crippen molar-refractivity contribution in [2.75, 3.05) is 0 Å². The maximum absolute atomic E-state index is 12.1. The molecule has 2 aliphatic rings. The van der Waals surface area contributed by atoms with E-state index in [1.54, 1.807) is 12.5 Å². The Morgan fingerprint density at radius 3 is 2.41 bits per heavy atom. The Balaban J connectivity index is 1.82. The van der Waals surface area contributed by atoms with Crippen LogP contribution in [0.25, 0.3) is 0 Å². The number of fused-ring (bicyclic) bond motifs is 1. The summed E-state index contributed by atoms with van der Waals surface area (Å²) in [4.78, 5) is 32.4. The number of rotatable bonds is 2. The van der Waals surface area contributed by atoms with Crippen LogP contribution < -0.4 is 0 Å². The number of aromatic amines is 1. The number of likely N-dealkylation sites (tertiary alicyclic amines) is 1. The highest BCUT2D eigenvalue weighted by Gasteiger charge is 2.47. The fraction of sp³-hybridized carbons (Fsp3) is 0.417. The van der Waals surface area contributed by atoms with E-state index in [0.29, 0.717) is 19.4 Å². The van der Waals surface area contributed by atoms with Crippen LogP contribution in [0.1, 0.15) is 18.5 Å². The van der Waals surface area contributed by atoms with Crippen molar-refractivity contribution in [1.29, 1.82) is 0 Å². The van der Waals surface area contributed by atoms with Crippen molar-refractivity contribution in [2.24, 2.45) is 11.8 Å². The van der Waals surface area contributed by atoms with Crippen LogP contribution in [0.4, 0.5) is 0 Å². The number of carbonyl (C=O) groups excluding carboxylic acids is 2. The van der Waals surface area contributed by atoms with Crippen LogP contribution in [-0.2, 0) is 16.1 Å². The van der Waals surface area contributed by atoms with Crippen molar-refractivity contribution in [2.45, 2.75) is 19.4 Å². The highest BCUT2D eigenvalue weighted by molar-refractivity contribution is 6.05. The van der Waals surface area contributed by atoms with Gasteiger partial charge < -0.3 is 4.98 Å². The van der Waals surface area contributed by atoms with E-state index in [-0.39, 0.29) is 23.7 Å². The first-order chi connectivity index (χ1) is 8.27. The smallest absolute Gasteiger partial charge is 0.233 e. The molecule has 2 amide bonds. The van der Waals surface area contributed by atoms with Gasteiger partial charge in [-0.15, -0.1) is 0 Å². The lowest BCUT2D eigenvalue weighted by atomic mass is 9.85.